The fourth-order valence-electron chi connectivity index (χ4n) is 2.21. The van der Waals surface area contributed by atoms with Gasteiger partial charge < -0.3 is 15.3 Å². The van der Waals surface area contributed by atoms with Gasteiger partial charge in [0.1, 0.15) is 0 Å². The lowest BCUT2D eigenvalue weighted by molar-refractivity contribution is 0.0686. The van der Waals surface area contributed by atoms with Gasteiger partial charge in [-0.25, -0.2) is 9.59 Å². The second kappa shape index (κ2) is 6.87. The fourth-order valence-corrected chi connectivity index (χ4v) is 2.21. The molecular weight excluding hydrogens is 284 g/mol. The lowest BCUT2D eigenvalue weighted by Crippen LogP contribution is -2.03. The van der Waals surface area contributed by atoms with Gasteiger partial charge in [0, 0.05) is 0 Å². The number of benzene rings is 2. The Morgan fingerprint density at radius 2 is 1.50 bits per heavy atom. The zero-order valence-corrected chi connectivity index (χ0v) is 11.8. The SMILES string of the molecule is O=C(O)c1cccc(CCC(O)c2cccc(C(=O)O)c2)c1. The molecule has 0 radical (unpaired) electrons. The Morgan fingerprint density at radius 1 is 0.909 bits per heavy atom. The summed E-state index contributed by atoms with van der Waals surface area (Å²) in [6, 6.07) is 12.7. The van der Waals surface area contributed by atoms with E-state index in [2.05, 4.69) is 0 Å². The smallest absolute Gasteiger partial charge is 0.335 e. The first-order valence-corrected chi connectivity index (χ1v) is 6.81. The van der Waals surface area contributed by atoms with Crippen molar-refractivity contribution in [2.45, 2.75) is 18.9 Å². The molecule has 2 rings (SSSR count). The molecule has 0 saturated heterocycles. The van der Waals surface area contributed by atoms with Crippen LogP contribution in [0.3, 0.4) is 0 Å². The Bertz CT molecular complexity index is 693. The molecule has 1 unspecified atom stereocenters. The van der Waals surface area contributed by atoms with E-state index in [0.29, 0.717) is 18.4 Å². The predicted molar refractivity (Wildman–Crippen MR) is 80.1 cm³/mol. The highest BCUT2D eigenvalue weighted by molar-refractivity contribution is 5.88. The number of aromatic carboxylic acids is 2. The molecule has 2 aromatic carbocycles. The van der Waals surface area contributed by atoms with Crippen LogP contribution < -0.4 is 0 Å². The molecule has 1 atom stereocenters. The highest BCUT2D eigenvalue weighted by atomic mass is 16.4. The van der Waals surface area contributed by atoms with Gasteiger partial charge in [-0.2, -0.15) is 0 Å². The van der Waals surface area contributed by atoms with Crippen molar-refractivity contribution in [2.24, 2.45) is 0 Å². The second-order valence-corrected chi connectivity index (χ2v) is 4.99. The predicted octanol–water partition coefficient (Wildman–Crippen LogP) is 2.75. The van der Waals surface area contributed by atoms with Crippen LogP contribution in [-0.4, -0.2) is 27.3 Å². The topological polar surface area (TPSA) is 94.8 Å². The molecule has 5 heteroatoms. The van der Waals surface area contributed by atoms with Crippen molar-refractivity contribution in [3.8, 4) is 0 Å². The van der Waals surface area contributed by atoms with Crippen LogP contribution in [0.1, 0.15) is 44.4 Å². The fraction of sp³-hybridized carbons (Fsp3) is 0.176. The maximum Gasteiger partial charge on any atom is 0.335 e. The minimum Gasteiger partial charge on any atom is -0.478 e. The van der Waals surface area contributed by atoms with E-state index in [1.54, 1.807) is 30.3 Å². The highest BCUT2D eigenvalue weighted by Crippen LogP contribution is 2.20. The van der Waals surface area contributed by atoms with Gasteiger partial charge in [0.25, 0.3) is 0 Å². The van der Waals surface area contributed by atoms with Crippen molar-refractivity contribution < 1.29 is 24.9 Å². The Morgan fingerprint density at radius 3 is 2.14 bits per heavy atom. The number of carboxylic acid groups (broad SMARTS) is 2. The first kappa shape index (κ1) is 15.7. The third-order valence-electron chi connectivity index (χ3n) is 3.40. The normalized spacial score (nSPS) is 11.9. The number of aliphatic hydroxyl groups is 1. The molecule has 0 aliphatic rings. The number of aryl methyl sites for hydroxylation is 1. The van der Waals surface area contributed by atoms with Gasteiger partial charge in [0.15, 0.2) is 0 Å². The molecule has 3 N–H and O–H groups in total. The molecule has 0 amide bonds. The van der Waals surface area contributed by atoms with E-state index < -0.39 is 18.0 Å². The average Bonchev–Trinajstić information content (AvgIpc) is 2.53. The molecule has 0 bridgehead atoms. The average molecular weight is 300 g/mol. The summed E-state index contributed by atoms with van der Waals surface area (Å²) in [6.45, 7) is 0. The maximum atomic E-state index is 10.9. The van der Waals surface area contributed by atoms with Crippen LogP contribution in [0.4, 0.5) is 0 Å². The van der Waals surface area contributed by atoms with Crippen molar-refractivity contribution >= 4 is 11.9 Å². The van der Waals surface area contributed by atoms with E-state index in [0.717, 1.165) is 5.56 Å². The molecule has 0 aliphatic heterocycles. The van der Waals surface area contributed by atoms with Crippen LogP contribution in [0.2, 0.25) is 0 Å². The van der Waals surface area contributed by atoms with Gasteiger partial charge in [-0.05, 0) is 48.2 Å². The molecule has 2 aromatic rings. The van der Waals surface area contributed by atoms with Gasteiger partial charge in [0.2, 0.25) is 0 Å². The molecule has 0 saturated carbocycles. The summed E-state index contributed by atoms with van der Waals surface area (Å²) in [5, 5.41) is 28.0. The molecule has 5 nitrogen and oxygen atoms in total. The molecule has 114 valence electrons. The summed E-state index contributed by atoms with van der Waals surface area (Å²) in [4.78, 5) is 21.8. The number of hydrogen-bond donors (Lipinski definition) is 3. The number of aliphatic hydroxyl groups excluding tert-OH is 1. The molecular formula is C17H16O5. The molecule has 0 fully saturated rings. The Hall–Kier alpha value is -2.66. The highest BCUT2D eigenvalue weighted by Gasteiger charge is 2.11. The van der Waals surface area contributed by atoms with E-state index in [-0.39, 0.29) is 11.1 Å². The monoisotopic (exact) mass is 300 g/mol. The summed E-state index contributed by atoms with van der Waals surface area (Å²) < 4.78 is 0. The van der Waals surface area contributed by atoms with Crippen molar-refractivity contribution in [3.05, 3.63) is 70.8 Å². The lowest BCUT2D eigenvalue weighted by atomic mass is 9.99. The van der Waals surface area contributed by atoms with Gasteiger partial charge >= 0.3 is 11.9 Å². The Balaban J connectivity index is 2.05. The maximum absolute atomic E-state index is 10.9. The zero-order valence-electron chi connectivity index (χ0n) is 11.8. The standard InChI is InChI=1S/C17H16O5/c18-15(12-4-2-6-14(10-12)17(21)22)8-7-11-3-1-5-13(9-11)16(19)20/h1-6,9-10,15,18H,7-8H2,(H,19,20)(H,21,22). The van der Waals surface area contributed by atoms with E-state index >= 15 is 0 Å². The van der Waals surface area contributed by atoms with Crippen LogP contribution in [0.15, 0.2) is 48.5 Å². The Kier molecular flexibility index (Phi) is 4.91. The summed E-state index contributed by atoms with van der Waals surface area (Å²) in [7, 11) is 0. The van der Waals surface area contributed by atoms with Crippen LogP contribution in [0, 0.1) is 0 Å². The van der Waals surface area contributed by atoms with Gasteiger partial charge in [-0.15, -0.1) is 0 Å². The minimum absolute atomic E-state index is 0.129. The van der Waals surface area contributed by atoms with Crippen molar-refractivity contribution in [2.75, 3.05) is 0 Å². The zero-order chi connectivity index (χ0) is 16.1. The quantitative estimate of drug-likeness (QED) is 0.762. The van der Waals surface area contributed by atoms with E-state index in [4.69, 9.17) is 10.2 Å². The van der Waals surface area contributed by atoms with E-state index in [1.165, 1.54) is 18.2 Å². The van der Waals surface area contributed by atoms with Gasteiger partial charge in [0.05, 0.1) is 17.2 Å². The van der Waals surface area contributed by atoms with Crippen LogP contribution in [0.5, 0.6) is 0 Å². The van der Waals surface area contributed by atoms with Gasteiger partial charge in [-0.1, -0.05) is 24.3 Å². The molecule has 22 heavy (non-hydrogen) atoms. The van der Waals surface area contributed by atoms with Crippen LogP contribution in [-0.2, 0) is 6.42 Å². The summed E-state index contributed by atoms with van der Waals surface area (Å²) >= 11 is 0. The Labute approximate surface area is 127 Å². The minimum atomic E-state index is -1.04. The number of rotatable bonds is 6. The molecule has 0 aliphatic carbocycles. The third kappa shape index (κ3) is 3.93. The first-order valence-electron chi connectivity index (χ1n) is 6.81. The molecule has 0 heterocycles. The summed E-state index contributed by atoms with van der Waals surface area (Å²) in [5.41, 5.74) is 1.69. The van der Waals surface area contributed by atoms with Crippen LogP contribution in [0.25, 0.3) is 0 Å². The number of carboxylic acids is 2. The van der Waals surface area contributed by atoms with E-state index in [1.807, 2.05) is 0 Å². The van der Waals surface area contributed by atoms with Crippen molar-refractivity contribution in [3.63, 3.8) is 0 Å². The second-order valence-electron chi connectivity index (χ2n) is 4.99. The largest absolute Gasteiger partial charge is 0.478 e. The van der Waals surface area contributed by atoms with E-state index in [9.17, 15) is 14.7 Å². The van der Waals surface area contributed by atoms with Crippen molar-refractivity contribution in [1.82, 2.24) is 0 Å². The number of hydrogen-bond acceptors (Lipinski definition) is 3. The van der Waals surface area contributed by atoms with Crippen molar-refractivity contribution in [1.29, 1.82) is 0 Å². The van der Waals surface area contributed by atoms with Gasteiger partial charge in [-0.3, -0.25) is 0 Å². The summed E-state index contributed by atoms with van der Waals surface area (Å²) in [6.07, 6.45) is 0.0823. The lowest BCUT2D eigenvalue weighted by Gasteiger charge is -2.12. The summed E-state index contributed by atoms with van der Waals surface area (Å²) in [5.74, 6) is -2.03. The van der Waals surface area contributed by atoms with Crippen LogP contribution >= 0.6 is 0 Å². The number of carbonyl (C=O) groups is 2. The first-order chi connectivity index (χ1) is 10.5. The molecule has 0 spiro atoms. The molecule has 0 aromatic heterocycles. The third-order valence-corrected chi connectivity index (χ3v) is 3.40.